The quantitative estimate of drug-likeness (QED) is 0.220. The first-order valence-electron chi connectivity index (χ1n) is 11.8. The van der Waals surface area contributed by atoms with E-state index in [2.05, 4.69) is 30.9 Å². The molecule has 1 aromatic carbocycles. The zero-order valence-corrected chi connectivity index (χ0v) is 22.2. The van der Waals surface area contributed by atoms with Gasteiger partial charge in [0.1, 0.15) is 0 Å². The van der Waals surface area contributed by atoms with Crippen molar-refractivity contribution < 1.29 is 19.2 Å². The van der Waals surface area contributed by atoms with Crippen LogP contribution in [0, 0.1) is 0 Å². The van der Waals surface area contributed by atoms with Gasteiger partial charge in [0.05, 0.1) is 0 Å². The molecule has 31 heavy (non-hydrogen) atoms. The average Bonchev–Trinajstić information content (AvgIpc) is 3.10. The number of carbonyl (C=O) groups excluding carboxylic acids is 3. The molecule has 1 fully saturated rings. The van der Waals surface area contributed by atoms with E-state index in [4.69, 9.17) is 4.84 Å². The van der Waals surface area contributed by atoms with E-state index in [-0.39, 0.29) is 12.8 Å². The number of hydroxylamine groups is 2. The molecule has 0 spiro atoms. The first kappa shape index (κ1) is 25.6. The van der Waals surface area contributed by atoms with Crippen LogP contribution in [0.15, 0.2) is 28.4 Å². The predicted molar refractivity (Wildman–Crippen MR) is 127 cm³/mol. The van der Waals surface area contributed by atoms with Crippen LogP contribution in [0.1, 0.15) is 88.1 Å². The van der Waals surface area contributed by atoms with Crippen LogP contribution in [-0.2, 0) is 14.4 Å². The molecule has 2 amide bonds. The second-order valence-corrected chi connectivity index (χ2v) is 21.6. The van der Waals surface area contributed by atoms with Crippen molar-refractivity contribution in [2.45, 2.75) is 85.4 Å². The molecule has 1 aliphatic rings. The molecule has 0 saturated carbocycles. The molecule has 0 bridgehead atoms. The Morgan fingerprint density at radius 2 is 1.39 bits per heavy atom. The third-order valence-corrected chi connectivity index (χ3v) is 20.1. The summed E-state index contributed by atoms with van der Waals surface area (Å²) in [5, 5.41) is 0.591. The number of carbonyl (C=O) groups is 3. The van der Waals surface area contributed by atoms with Crippen molar-refractivity contribution in [1.29, 1.82) is 0 Å². The van der Waals surface area contributed by atoms with E-state index in [0.29, 0.717) is 10.6 Å². The Labute approximate surface area is 191 Å². The molecule has 1 aromatic rings. The topological polar surface area (TPSA) is 63.7 Å². The van der Waals surface area contributed by atoms with Gasteiger partial charge in [-0.15, -0.1) is 0 Å². The van der Waals surface area contributed by atoms with Crippen LogP contribution >= 0.6 is 0 Å². The fourth-order valence-electron chi connectivity index (χ4n) is 4.01. The summed E-state index contributed by atoms with van der Waals surface area (Å²) >= 11 is -2.34. The van der Waals surface area contributed by atoms with Crippen LogP contribution in [-0.4, -0.2) is 41.2 Å². The minimum atomic E-state index is -2.34. The molecular weight excluding hydrogens is 497 g/mol. The molecule has 170 valence electrons. The number of benzene rings is 1. The van der Waals surface area contributed by atoms with Gasteiger partial charge in [-0.3, -0.25) is 0 Å². The maximum absolute atomic E-state index is 12.3. The summed E-state index contributed by atoms with van der Waals surface area (Å²) in [6, 6.07) is 7.23. The van der Waals surface area contributed by atoms with Crippen LogP contribution < -0.4 is 0 Å². The van der Waals surface area contributed by atoms with Crippen LogP contribution in [0.2, 0.25) is 13.3 Å². The zero-order valence-electron chi connectivity index (χ0n) is 19.3. The Bertz CT molecular complexity index is 734. The van der Waals surface area contributed by atoms with Gasteiger partial charge in [0.25, 0.3) is 0 Å². The van der Waals surface area contributed by atoms with Gasteiger partial charge >= 0.3 is 191 Å². The first-order valence-corrected chi connectivity index (χ1v) is 19.5. The molecule has 1 saturated heterocycles. The van der Waals surface area contributed by atoms with Crippen molar-refractivity contribution >= 4 is 42.2 Å². The molecular formula is C25H37NO4Sn. The molecule has 5 nitrogen and oxygen atoms in total. The Kier molecular flexibility index (Phi) is 10.8. The molecule has 0 atom stereocenters. The Balaban J connectivity index is 2.10. The fraction of sp³-hybridized carbons (Fsp3) is 0.560. The van der Waals surface area contributed by atoms with Crippen LogP contribution in [0.5, 0.6) is 0 Å². The Hall–Kier alpha value is -1.63. The van der Waals surface area contributed by atoms with Crippen molar-refractivity contribution in [2.24, 2.45) is 0 Å². The number of hydrogen-bond acceptors (Lipinski definition) is 4. The van der Waals surface area contributed by atoms with E-state index in [0.717, 1.165) is 5.56 Å². The van der Waals surface area contributed by atoms with Crippen molar-refractivity contribution in [3.05, 3.63) is 39.5 Å². The normalized spacial score (nSPS) is 14.6. The van der Waals surface area contributed by atoms with Crippen molar-refractivity contribution in [2.75, 3.05) is 0 Å². The summed E-state index contributed by atoms with van der Waals surface area (Å²) in [4.78, 5) is 40.6. The van der Waals surface area contributed by atoms with E-state index in [1.54, 1.807) is 12.1 Å². The average molecular weight is 534 g/mol. The Morgan fingerprint density at radius 3 is 1.84 bits per heavy atom. The van der Waals surface area contributed by atoms with Gasteiger partial charge in [-0.1, -0.05) is 0 Å². The first-order chi connectivity index (χ1) is 14.9. The van der Waals surface area contributed by atoms with Crippen molar-refractivity contribution in [3.63, 3.8) is 0 Å². The van der Waals surface area contributed by atoms with E-state index in [1.165, 1.54) is 51.8 Å². The summed E-state index contributed by atoms with van der Waals surface area (Å²) < 4.78 is 6.86. The molecule has 1 heterocycles. The zero-order chi connectivity index (χ0) is 22.7. The minimum absolute atomic E-state index is 0.0948. The van der Waals surface area contributed by atoms with E-state index >= 15 is 0 Å². The molecule has 0 radical (unpaired) electrons. The van der Waals surface area contributed by atoms with Crippen LogP contribution in [0.3, 0.4) is 0 Å². The van der Waals surface area contributed by atoms with E-state index < -0.39 is 36.2 Å². The van der Waals surface area contributed by atoms with Gasteiger partial charge in [0.2, 0.25) is 0 Å². The monoisotopic (exact) mass is 535 g/mol. The van der Waals surface area contributed by atoms with Crippen LogP contribution in [0.25, 0.3) is 6.08 Å². The third kappa shape index (κ3) is 7.77. The number of nitrogens with zero attached hydrogens (tertiary/aromatic N) is 1. The number of imide groups is 1. The summed E-state index contributed by atoms with van der Waals surface area (Å²) in [6.45, 7) is 6.84. The molecule has 0 aromatic heterocycles. The number of unbranched alkanes of at least 4 members (excludes halogenated alkanes) is 3. The SMILES string of the molecule is CCC[CH2][Sn]([CH]=Cc1ccc(C(=O)ON2C(=O)CCC2=O)cc1)([CH2]CCC)[CH2]CCC. The number of amides is 2. The standard InChI is InChI=1S/C13H10NO4.3C4H9.Sn/c1-2-9-3-5-10(6-4-9)13(17)18-14-11(15)7-8-12(14)16;3*1-3-4-2;/h1-6H,7-8H2;3*1,3-4H2,2H3;. The molecule has 0 unspecified atom stereocenters. The van der Waals surface area contributed by atoms with Gasteiger partial charge in [0, 0.05) is 0 Å². The Morgan fingerprint density at radius 1 is 0.903 bits per heavy atom. The maximum atomic E-state index is 12.3. The van der Waals surface area contributed by atoms with Gasteiger partial charge in [-0.2, -0.15) is 0 Å². The predicted octanol–water partition coefficient (Wildman–Crippen LogP) is 6.31. The fourth-order valence-corrected chi connectivity index (χ4v) is 18.2. The summed E-state index contributed by atoms with van der Waals surface area (Å²) in [7, 11) is 0. The molecule has 6 heteroatoms. The van der Waals surface area contributed by atoms with Gasteiger partial charge in [0.15, 0.2) is 0 Å². The summed E-state index contributed by atoms with van der Waals surface area (Å²) in [5.74, 6) is -1.61. The van der Waals surface area contributed by atoms with E-state index in [1.807, 2.05) is 12.1 Å². The second-order valence-electron chi connectivity index (χ2n) is 8.59. The van der Waals surface area contributed by atoms with Gasteiger partial charge in [-0.05, 0) is 0 Å². The number of rotatable bonds is 13. The molecule has 0 N–H and O–H groups in total. The molecule has 0 aliphatic carbocycles. The van der Waals surface area contributed by atoms with E-state index in [9.17, 15) is 14.4 Å². The third-order valence-electron chi connectivity index (χ3n) is 6.04. The number of hydrogen-bond donors (Lipinski definition) is 0. The molecule has 1 aliphatic heterocycles. The molecule has 2 rings (SSSR count). The van der Waals surface area contributed by atoms with Gasteiger partial charge in [-0.25, -0.2) is 0 Å². The van der Waals surface area contributed by atoms with Crippen LogP contribution in [0.4, 0.5) is 0 Å². The van der Waals surface area contributed by atoms with Crippen molar-refractivity contribution in [3.8, 4) is 0 Å². The van der Waals surface area contributed by atoms with Crippen molar-refractivity contribution in [1.82, 2.24) is 5.06 Å². The summed E-state index contributed by atoms with van der Waals surface area (Å²) in [6.07, 6.45) is 10.2. The summed E-state index contributed by atoms with van der Waals surface area (Å²) in [5.41, 5.74) is 1.41. The van der Waals surface area contributed by atoms with Gasteiger partial charge < -0.3 is 0 Å². The second kappa shape index (κ2) is 13.0.